The average molecular weight is 392 g/mol. The number of rotatable bonds is 8. The third-order valence-electron chi connectivity index (χ3n) is 3.75. The predicted molar refractivity (Wildman–Crippen MR) is 99.1 cm³/mol. The van der Waals surface area contributed by atoms with Crippen LogP contribution in [-0.2, 0) is 15.7 Å². The topological polar surface area (TPSA) is 55.8 Å². The van der Waals surface area contributed by atoms with Crippen LogP contribution < -0.4 is 4.74 Å². The summed E-state index contributed by atoms with van der Waals surface area (Å²) in [7, 11) is 1.57. The molecule has 0 atom stereocenters. The van der Waals surface area contributed by atoms with E-state index in [0.29, 0.717) is 35.7 Å². The van der Waals surface area contributed by atoms with E-state index in [4.69, 9.17) is 14.6 Å². The summed E-state index contributed by atoms with van der Waals surface area (Å²) in [5.74, 6) is -0.501. The molecule has 0 saturated carbocycles. The molecule has 0 aromatic heterocycles. The maximum atomic E-state index is 12.8. The summed E-state index contributed by atoms with van der Waals surface area (Å²) in [6.07, 6.45) is -0.602. The Kier molecular flexibility index (Phi) is 7.40. The minimum Gasteiger partial charge on any atom is -0.491 e. The van der Waals surface area contributed by atoms with Crippen LogP contribution in [0.3, 0.4) is 0 Å². The molecule has 0 aliphatic carbocycles. The third-order valence-corrected chi connectivity index (χ3v) is 3.75. The van der Waals surface area contributed by atoms with E-state index < -0.39 is 17.7 Å². The van der Waals surface area contributed by atoms with E-state index in [9.17, 15) is 18.0 Å². The number of allylic oxidation sites excluding steroid dienone is 2. The van der Waals surface area contributed by atoms with E-state index in [1.165, 1.54) is 24.3 Å². The molecule has 148 valence electrons. The molecule has 0 saturated heterocycles. The van der Waals surface area contributed by atoms with Crippen molar-refractivity contribution >= 4 is 11.5 Å². The van der Waals surface area contributed by atoms with Crippen molar-refractivity contribution in [1.82, 2.24) is 0 Å². The van der Waals surface area contributed by atoms with Crippen LogP contribution >= 0.6 is 0 Å². The van der Waals surface area contributed by atoms with Gasteiger partial charge in [-0.05, 0) is 41.0 Å². The van der Waals surface area contributed by atoms with Gasteiger partial charge in [-0.25, -0.2) is 4.79 Å². The Morgan fingerprint density at radius 3 is 2.07 bits per heavy atom. The highest BCUT2D eigenvalue weighted by Gasteiger charge is 2.30. The smallest absolute Gasteiger partial charge is 0.416 e. The van der Waals surface area contributed by atoms with Crippen LogP contribution in [0.4, 0.5) is 13.2 Å². The van der Waals surface area contributed by atoms with E-state index in [2.05, 4.69) is 0 Å². The predicted octanol–water partition coefficient (Wildman–Crippen LogP) is 4.80. The zero-order valence-electron chi connectivity index (χ0n) is 15.1. The first-order chi connectivity index (χ1) is 13.3. The number of alkyl halides is 3. The highest BCUT2D eigenvalue weighted by Crippen LogP contribution is 2.31. The standard InChI is InChI=1S/C21H19F3O4/c1-27-13-14-28-18-11-7-16(8-12-18)19(3-2-4-20(25)26)15-5-9-17(10-6-15)21(22,23)24/h2-12H,13-14H2,1H3,(H,25,26)/b4-2+,19-3+. The first-order valence-corrected chi connectivity index (χ1v) is 8.32. The number of aliphatic carboxylic acids is 1. The van der Waals surface area contributed by atoms with Gasteiger partial charge in [0.25, 0.3) is 0 Å². The molecule has 0 heterocycles. The molecule has 28 heavy (non-hydrogen) atoms. The Labute approximate surface area is 160 Å². The Hall–Kier alpha value is -3.06. The fraction of sp³-hybridized carbons (Fsp3) is 0.190. The summed E-state index contributed by atoms with van der Waals surface area (Å²) in [6, 6.07) is 11.6. The lowest BCUT2D eigenvalue weighted by Crippen LogP contribution is -2.04. The molecule has 7 heteroatoms. The van der Waals surface area contributed by atoms with E-state index in [1.54, 1.807) is 31.4 Å². The van der Waals surface area contributed by atoms with Crippen molar-refractivity contribution in [2.24, 2.45) is 0 Å². The highest BCUT2D eigenvalue weighted by atomic mass is 19.4. The summed E-state index contributed by atoms with van der Waals surface area (Å²) in [5, 5.41) is 8.76. The van der Waals surface area contributed by atoms with Crippen LogP contribution in [0.2, 0.25) is 0 Å². The lowest BCUT2D eigenvalue weighted by atomic mass is 9.96. The van der Waals surface area contributed by atoms with Crippen molar-refractivity contribution < 1.29 is 32.5 Å². The van der Waals surface area contributed by atoms with Gasteiger partial charge in [0.2, 0.25) is 0 Å². The van der Waals surface area contributed by atoms with Gasteiger partial charge in [0.05, 0.1) is 12.2 Å². The van der Waals surface area contributed by atoms with E-state index in [1.807, 2.05) is 0 Å². The molecule has 2 rings (SSSR count). The summed E-state index contributed by atoms with van der Waals surface area (Å²) >= 11 is 0. The average Bonchev–Trinajstić information content (AvgIpc) is 2.65. The SMILES string of the molecule is COCCOc1ccc(/C(=C/C=C/C(=O)O)c2ccc(C(F)(F)F)cc2)cc1. The molecular weight excluding hydrogens is 373 g/mol. The van der Waals surface area contributed by atoms with Gasteiger partial charge < -0.3 is 14.6 Å². The van der Waals surface area contributed by atoms with Gasteiger partial charge in [-0.2, -0.15) is 13.2 Å². The molecular formula is C21H19F3O4. The Morgan fingerprint density at radius 1 is 1.00 bits per heavy atom. The lowest BCUT2D eigenvalue weighted by molar-refractivity contribution is -0.137. The van der Waals surface area contributed by atoms with Crippen molar-refractivity contribution in [3.8, 4) is 5.75 Å². The molecule has 1 N–H and O–H groups in total. The summed E-state index contributed by atoms with van der Waals surface area (Å²) < 4.78 is 48.8. The summed E-state index contributed by atoms with van der Waals surface area (Å²) in [4.78, 5) is 10.7. The van der Waals surface area contributed by atoms with E-state index in [0.717, 1.165) is 18.2 Å². The Morgan fingerprint density at radius 2 is 1.57 bits per heavy atom. The number of benzene rings is 2. The summed E-state index contributed by atoms with van der Waals surface area (Å²) in [6.45, 7) is 0.831. The first kappa shape index (κ1) is 21.2. The quantitative estimate of drug-likeness (QED) is 0.398. The van der Waals surface area contributed by atoms with Gasteiger partial charge in [-0.15, -0.1) is 0 Å². The molecule has 4 nitrogen and oxygen atoms in total. The Bertz CT molecular complexity index is 835. The molecule has 0 aliphatic heterocycles. The van der Waals surface area contributed by atoms with Crippen molar-refractivity contribution in [1.29, 1.82) is 0 Å². The fourth-order valence-electron chi connectivity index (χ4n) is 2.40. The van der Waals surface area contributed by atoms with Crippen LogP contribution in [0, 0.1) is 0 Å². The van der Waals surface area contributed by atoms with Gasteiger partial charge in [0.15, 0.2) is 0 Å². The largest absolute Gasteiger partial charge is 0.491 e. The summed E-state index contributed by atoms with van der Waals surface area (Å²) in [5.41, 5.74) is 1.05. The number of carboxylic acid groups (broad SMARTS) is 1. The number of hydrogen-bond donors (Lipinski definition) is 1. The van der Waals surface area contributed by atoms with Crippen LogP contribution in [0.5, 0.6) is 5.75 Å². The molecule has 0 fully saturated rings. The lowest BCUT2D eigenvalue weighted by Gasteiger charge is -2.12. The normalized spacial score (nSPS) is 12.4. The molecule has 0 unspecified atom stereocenters. The highest BCUT2D eigenvalue weighted by molar-refractivity contribution is 5.84. The molecule has 0 amide bonds. The van der Waals surface area contributed by atoms with Crippen LogP contribution in [-0.4, -0.2) is 31.4 Å². The molecule has 2 aromatic rings. The van der Waals surface area contributed by atoms with Gasteiger partial charge >= 0.3 is 12.1 Å². The van der Waals surface area contributed by atoms with E-state index >= 15 is 0 Å². The number of methoxy groups -OCH3 is 1. The van der Waals surface area contributed by atoms with Crippen LogP contribution in [0.1, 0.15) is 16.7 Å². The number of carbonyl (C=O) groups is 1. The maximum Gasteiger partial charge on any atom is 0.416 e. The monoisotopic (exact) mass is 392 g/mol. The number of hydrogen-bond acceptors (Lipinski definition) is 3. The third kappa shape index (κ3) is 6.28. The minimum atomic E-state index is -4.42. The van der Waals surface area contributed by atoms with Gasteiger partial charge in [0.1, 0.15) is 12.4 Å². The number of carboxylic acids is 1. The first-order valence-electron chi connectivity index (χ1n) is 8.32. The zero-order valence-corrected chi connectivity index (χ0v) is 15.1. The number of ether oxygens (including phenoxy) is 2. The van der Waals surface area contributed by atoms with Crippen LogP contribution in [0.15, 0.2) is 66.8 Å². The zero-order chi connectivity index (χ0) is 20.6. The van der Waals surface area contributed by atoms with Crippen molar-refractivity contribution in [3.05, 3.63) is 83.4 Å². The van der Waals surface area contributed by atoms with Crippen molar-refractivity contribution in [3.63, 3.8) is 0 Å². The van der Waals surface area contributed by atoms with Crippen molar-refractivity contribution in [2.75, 3.05) is 20.3 Å². The fourth-order valence-corrected chi connectivity index (χ4v) is 2.40. The second kappa shape index (κ2) is 9.75. The molecule has 2 aromatic carbocycles. The van der Waals surface area contributed by atoms with Gasteiger partial charge in [0, 0.05) is 13.2 Å². The molecule has 0 aliphatic rings. The Balaban J connectivity index is 2.33. The van der Waals surface area contributed by atoms with Gasteiger partial charge in [-0.1, -0.05) is 36.4 Å². The minimum absolute atomic E-state index is 0.388. The van der Waals surface area contributed by atoms with Gasteiger partial charge in [-0.3, -0.25) is 0 Å². The molecule has 0 radical (unpaired) electrons. The number of halogens is 3. The molecule has 0 bridgehead atoms. The van der Waals surface area contributed by atoms with E-state index in [-0.39, 0.29) is 0 Å². The second-order valence-corrected chi connectivity index (χ2v) is 5.72. The van der Waals surface area contributed by atoms with Crippen LogP contribution in [0.25, 0.3) is 5.57 Å². The molecule has 0 spiro atoms. The maximum absolute atomic E-state index is 12.8. The van der Waals surface area contributed by atoms with Crippen molar-refractivity contribution in [2.45, 2.75) is 6.18 Å². The second-order valence-electron chi connectivity index (χ2n) is 5.72.